The topological polar surface area (TPSA) is 60.7 Å². The van der Waals surface area contributed by atoms with E-state index in [2.05, 4.69) is 0 Å². The van der Waals surface area contributed by atoms with Gasteiger partial charge in [0.2, 0.25) is 11.5 Å². The van der Waals surface area contributed by atoms with Crippen LogP contribution in [-0.4, -0.2) is 28.4 Å². The first-order chi connectivity index (χ1) is 7.73. The molecule has 0 bridgehead atoms. The predicted octanol–water partition coefficient (Wildman–Crippen LogP) is 1.59. The summed E-state index contributed by atoms with van der Waals surface area (Å²) in [6.07, 6.45) is 0. The van der Waals surface area contributed by atoms with Gasteiger partial charge in [-0.1, -0.05) is 0 Å². The second kappa shape index (κ2) is 5.12. The van der Waals surface area contributed by atoms with Crippen LogP contribution in [0.15, 0.2) is 6.07 Å². The van der Waals surface area contributed by atoms with Crippen molar-refractivity contribution in [2.45, 2.75) is 0 Å². The van der Waals surface area contributed by atoms with Crippen molar-refractivity contribution in [1.82, 2.24) is 0 Å². The maximum absolute atomic E-state index is 8.97. The van der Waals surface area contributed by atoms with Crippen molar-refractivity contribution >= 4 is 0 Å². The van der Waals surface area contributed by atoms with Gasteiger partial charge in [-0.05, 0) is 0 Å². The van der Waals surface area contributed by atoms with Gasteiger partial charge in [0.15, 0.2) is 11.5 Å². The summed E-state index contributed by atoms with van der Waals surface area (Å²) in [5.74, 6) is 1.51. The average Bonchev–Trinajstić information content (AvgIpc) is 2.35. The van der Waals surface area contributed by atoms with Gasteiger partial charge >= 0.3 is 0 Å². The fourth-order valence-electron chi connectivity index (χ4n) is 1.42. The van der Waals surface area contributed by atoms with Gasteiger partial charge in [-0.3, -0.25) is 0 Å². The Balaban J connectivity index is 3.56. The maximum atomic E-state index is 8.97. The normalized spacial score (nSPS) is 9.19. The van der Waals surface area contributed by atoms with Gasteiger partial charge in [0.25, 0.3) is 0 Å². The lowest BCUT2D eigenvalue weighted by molar-refractivity contribution is 0.305. The van der Waals surface area contributed by atoms with Crippen LogP contribution in [0.25, 0.3) is 0 Å². The number of benzene rings is 1. The van der Waals surface area contributed by atoms with Crippen LogP contribution in [0.4, 0.5) is 0 Å². The van der Waals surface area contributed by atoms with E-state index >= 15 is 0 Å². The Bertz CT molecular complexity index is 423. The average molecular weight is 223 g/mol. The molecule has 0 aromatic heterocycles. The Morgan fingerprint density at radius 3 is 1.81 bits per heavy atom. The number of nitrogens with zero attached hydrogens (tertiary/aromatic N) is 1. The SMILES string of the molecule is COc1cc(C#N)c(OC)c(OC)c1OC. The van der Waals surface area contributed by atoms with Crippen LogP contribution in [0, 0.1) is 11.3 Å². The third kappa shape index (κ3) is 1.82. The molecule has 5 heteroatoms. The molecule has 0 radical (unpaired) electrons. The third-order valence-corrected chi connectivity index (χ3v) is 2.11. The monoisotopic (exact) mass is 223 g/mol. The summed E-state index contributed by atoms with van der Waals surface area (Å²) in [4.78, 5) is 0. The summed E-state index contributed by atoms with van der Waals surface area (Å²) in [6, 6.07) is 3.55. The van der Waals surface area contributed by atoms with E-state index in [1.54, 1.807) is 6.07 Å². The molecule has 1 aromatic rings. The lowest BCUT2D eigenvalue weighted by Gasteiger charge is -2.15. The Labute approximate surface area is 94.1 Å². The van der Waals surface area contributed by atoms with Crippen LogP contribution < -0.4 is 18.9 Å². The number of hydrogen-bond acceptors (Lipinski definition) is 5. The second-order valence-corrected chi connectivity index (χ2v) is 2.84. The highest BCUT2D eigenvalue weighted by atomic mass is 16.5. The zero-order valence-corrected chi connectivity index (χ0v) is 9.66. The summed E-state index contributed by atoms with van der Waals surface area (Å²) in [5.41, 5.74) is 0.331. The molecule has 0 N–H and O–H groups in total. The molecule has 0 fully saturated rings. The quantitative estimate of drug-likeness (QED) is 0.775. The molecule has 0 aliphatic rings. The molecule has 5 nitrogen and oxygen atoms in total. The van der Waals surface area contributed by atoms with Crippen LogP contribution in [0.5, 0.6) is 23.0 Å². The molecule has 0 heterocycles. The molecule has 16 heavy (non-hydrogen) atoms. The minimum atomic E-state index is 0.331. The number of rotatable bonds is 4. The highest BCUT2D eigenvalue weighted by Gasteiger charge is 2.21. The summed E-state index contributed by atoms with van der Waals surface area (Å²) < 4.78 is 20.5. The van der Waals surface area contributed by atoms with E-state index in [4.69, 9.17) is 24.2 Å². The second-order valence-electron chi connectivity index (χ2n) is 2.84. The van der Waals surface area contributed by atoms with Crippen molar-refractivity contribution in [2.75, 3.05) is 28.4 Å². The number of hydrogen-bond donors (Lipinski definition) is 0. The molecule has 0 spiro atoms. The molecule has 1 aromatic carbocycles. The molecule has 0 aliphatic carbocycles. The van der Waals surface area contributed by atoms with Crippen LogP contribution in [0.2, 0.25) is 0 Å². The van der Waals surface area contributed by atoms with E-state index in [9.17, 15) is 0 Å². The molecule has 0 atom stereocenters. The van der Waals surface area contributed by atoms with Crippen molar-refractivity contribution < 1.29 is 18.9 Å². The van der Waals surface area contributed by atoms with E-state index in [0.717, 1.165) is 0 Å². The van der Waals surface area contributed by atoms with E-state index in [1.807, 2.05) is 6.07 Å². The number of nitriles is 1. The standard InChI is InChI=1S/C11H13NO4/c1-13-8-5-7(6-12)9(14-2)11(16-4)10(8)15-3/h5H,1-4H3. The molecule has 0 unspecified atom stereocenters. The molecular formula is C11H13NO4. The smallest absolute Gasteiger partial charge is 0.208 e. The molecule has 0 saturated carbocycles. The Morgan fingerprint density at radius 2 is 1.44 bits per heavy atom. The number of ether oxygens (including phenoxy) is 4. The highest BCUT2D eigenvalue weighted by Crippen LogP contribution is 2.46. The van der Waals surface area contributed by atoms with Crippen molar-refractivity contribution in [3.8, 4) is 29.1 Å². The minimum absolute atomic E-state index is 0.331. The molecule has 86 valence electrons. The first kappa shape index (κ1) is 12.0. The predicted molar refractivity (Wildman–Crippen MR) is 57.4 cm³/mol. The fraction of sp³-hybridized carbons (Fsp3) is 0.364. The molecular weight excluding hydrogens is 210 g/mol. The summed E-state index contributed by atoms with van der Waals surface area (Å²) in [5, 5.41) is 8.97. The molecule has 0 aliphatic heterocycles. The zero-order valence-electron chi connectivity index (χ0n) is 9.66. The van der Waals surface area contributed by atoms with Gasteiger partial charge in [-0.25, -0.2) is 0 Å². The van der Waals surface area contributed by atoms with Gasteiger partial charge in [-0.2, -0.15) is 5.26 Å². The summed E-state index contributed by atoms with van der Waals surface area (Å²) >= 11 is 0. The molecule has 0 saturated heterocycles. The van der Waals surface area contributed by atoms with Gasteiger partial charge in [0.05, 0.1) is 28.4 Å². The maximum Gasteiger partial charge on any atom is 0.208 e. The van der Waals surface area contributed by atoms with Crippen LogP contribution in [0.1, 0.15) is 5.56 Å². The lowest BCUT2D eigenvalue weighted by atomic mass is 10.1. The van der Waals surface area contributed by atoms with E-state index < -0.39 is 0 Å². The first-order valence-corrected chi connectivity index (χ1v) is 4.50. The summed E-state index contributed by atoms with van der Waals surface area (Å²) in [6.45, 7) is 0. The van der Waals surface area contributed by atoms with Crippen molar-refractivity contribution in [2.24, 2.45) is 0 Å². The molecule has 1 rings (SSSR count). The van der Waals surface area contributed by atoms with Crippen LogP contribution in [-0.2, 0) is 0 Å². The van der Waals surface area contributed by atoms with Crippen molar-refractivity contribution in [3.63, 3.8) is 0 Å². The van der Waals surface area contributed by atoms with E-state index in [0.29, 0.717) is 28.6 Å². The Morgan fingerprint density at radius 1 is 0.875 bits per heavy atom. The van der Waals surface area contributed by atoms with Gasteiger partial charge in [0, 0.05) is 6.07 Å². The Kier molecular flexibility index (Phi) is 3.84. The minimum Gasteiger partial charge on any atom is -0.493 e. The van der Waals surface area contributed by atoms with E-state index in [1.165, 1.54) is 28.4 Å². The first-order valence-electron chi connectivity index (χ1n) is 4.50. The van der Waals surface area contributed by atoms with Gasteiger partial charge in [-0.15, -0.1) is 0 Å². The fourth-order valence-corrected chi connectivity index (χ4v) is 1.42. The van der Waals surface area contributed by atoms with Crippen LogP contribution in [0.3, 0.4) is 0 Å². The summed E-state index contributed by atoms with van der Waals surface area (Å²) in [7, 11) is 5.92. The highest BCUT2D eigenvalue weighted by molar-refractivity contribution is 5.65. The lowest BCUT2D eigenvalue weighted by Crippen LogP contribution is -1.99. The third-order valence-electron chi connectivity index (χ3n) is 2.11. The van der Waals surface area contributed by atoms with Crippen molar-refractivity contribution in [1.29, 1.82) is 5.26 Å². The number of methoxy groups -OCH3 is 4. The largest absolute Gasteiger partial charge is 0.493 e. The molecule has 0 amide bonds. The zero-order chi connectivity index (χ0) is 12.1. The van der Waals surface area contributed by atoms with Gasteiger partial charge < -0.3 is 18.9 Å². The van der Waals surface area contributed by atoms with Crippen molar-refractivity contribution in [3.05, 3.63) is 11.6 Å². The van der Waals surface area contributed by atoms with Crippen LogP contribution >= 0.6 is 0 Å². The van der Waals surface area contributed by atoms with Gasteiger partial charge in [0.1, 0.15) is 11.6 Å². The van der Waals surface area contributed by atoms with E-state index in [-0.39, 0.29) is 0 Å². The Hall–Kier alpha value is -2.09.